The van der Waals surface area contributed by atoms with Gasteiger partial charge in [0.05, 0.1) is 0 Å². The highest BCUT2D eigenvalue weighted by Crippen LogP contribution is 2.33. The third-order valence-electron chi connectivity index (χ3n) is 3.90. The SMILES string of the molecule is CC(C)(C)N(Cc1ccc2c(c1)OCO2)C(=O)c1cccc(F)c1. The predicted octanol–water partition coefficient (Wildman–Crippen LogP) is 4.00. The van der Waals surface area contributed by atoms with E-state index in [0.717, 1.165) is 5.56 Å². The van der Waals surface area contributed by atoms with E-state index >= 15 is 0 Å². The molecule has 2 aromatic carbocycles. The van der Waals surface area contributed by atoms with E-state index in [9.17, 15) is 9.18 Å². The number of hydrogen-bond donors (Lipinski definition) is 0. The van der Waals surface area contributed by atoms with Crippen LogP contribution >= 0.6 is 0 Å². The van der Waals surface area contributed by atoms with Crippen molar-refractivity contribution in [2.45, 2.75) is 32.9 Å². The zero-order valence-corrected chi connectivity index (χ0v) is 14.0. The van der Waals surface area contributed by atoms with Crippen LogP contribution in [-0.2, 0) is 6.54 Å². The molecule has 0 spiro atoms. The Morgan fingerprint density at radius 2 is 1.88 bits per heavy atom. The summed E-state index contributed by atoms with van der Waals surface area (Å²) in [6.45, 7) is 6.48. The van der Waals surface area contributed by atoms with E-state index in [4.69, 9.17) is 9.47 Å². The smallest absolute Gasteiger partial charge is 0.254 e. The molecular formula is C19H20FNO3. The Kier molecular flexibility index (Phi) is 4.18. The number of benzene rings is 2. The van der Waals surface area contributed by atoms with Crippen LogP contribution in [0.5, 0.6) is 11.5 Å². The van der Waals surface area contributed by atoms with Crippen LogP contribution in [0.3, 0.4) is 0 Å². The van der Waals surface area contributed by atoms with Crippen molar-refractivity contribution >= 4 is 5.91 Å². The van der Waals surface area contributed by atoms with Crippen molar-refractivity contribution in [1.82, 2.24) is 4.90 Å². The van der Waals surface area contributed by atoms with Crippen LogP contribution < -0.4 is 9.47 Å². The highest BCUT2D eigenvalue weighted by atomic mass is 19.1. The fraction of sp³-hybridized carbons (Fsp3) is 0.316. The van der Waals surface area contributed by atoms with Crippen LogP contribution in [0.1, 0.15) is 36.7 Å². The summed E-state index contributed by atoms with van der Waals surface area (Å²) in [7, 11) is 0. The van der Waals surface area contributed by atoms with Crippen molar-refractivity contribution in [2.24, 2.45) is 0 Å². The molecular weight excluding hydrogens is 309 g/mol. The summed E-state index contributed by atoms with van der Waals surface area (Å²) in [5, 5.41) is 0. The van der Waals surface area contributed by atoms with Crippen molar-refractivity contribution in [2.75, 3.05) is 6.79 Å². The fourth-order valence-electron chi connectivity index (χ4n) is 2.61. The molecule has 1 amide bonds. The Morgan fingerprint density at radius 1 is 1.12 bits per heavy atom. The molecule has 0 N–H and O–H groups in total. The van der Waals surface area contributed by atoms with Gasteiger partial charge in [0.15, 0.2) is 11.5 Å². The van der Waals surface area contributed by atoms with Gasteiger partial charge >= 0.3 is 0 Å². The summed E-state index contributed by atoms with van der Waals surface area (Å²) in [6.07, 6.45) is 0. The quantitative estimate of drug-likeness (QED) is 0.854. The number of halogens is 1. The number of rotatable bonds is 3. The second-order valence-electron chi connectivity index (χ2n) is 6.76. The first-order chi connectivity index (χ1) is 11.3. The maximum Gasteiger partial charge on any atom is 0.254 e. The largest absolute Gasteiger partial charge is 0.454 e. The number of carbonyl (C=O) groups is 1. The van der Waals surface area contributed by atoms with E-state index in [-0.39, 0.29) is 12.7 Å². The van der Waals surface area contributed by atoms with Crippen LogP contribution in [0, 0.1) is 5.82 Å². The minimum absolute atomic E-state index is 0.209. The Morgan fingerprint density at radius 3 is 2.58 bits per heavy atom. The molecule has 1 aliphatic heterocycles. The molecule has 0 saturated heterocycles. The molecule has 0 atom stereocenters. The second-order valence-corrected chi connectivity index (χ2v) is 6.76. The van der Waals surface area contributed by atoms with E-state index < -0.39 is 11.4 Å². The lowest BCUT2D eigenvalue weighted by molar-refractivity contribution is 0.0558. The van der Waals surface area contributed by atoms with Gasteiger partial charge in [-0.15, -0.1) is 0 Å². The molecule has 0 unspecified atom stereocenters. The zero-order valence-electron chi connectivity index (χ0n) is 14.0. The van der Waals surface area contributed by atoms with Gasteiger partial charge in [0, 0.05) is 17.6 Å². The van der Waals surface area contributed by atoms with Crippen LogP contribution in [0.25, 0.3) is 0 Å². The Bertz CT molecular complexity index is 767. The average molecular weight is 329 g/mol. The van der Waals surface area contributed by atoms with E-state index in [1.165, 1.54) is 12.1 Å². The molecule has 0 aromatic heterocycles. The molecule has 126 valence electrons. The van der Waals surface area contributed by atoms with Crippen molar-refractivity contribution in [3.63, 3.8) is 0 Å². The van der Waals surface area contributed by atoms with Gasteiger partial charge in [-0.25, -0.2) is 4.39 Å². The minimum Gasteiger partial charge on any atom is -0.454 e. The van der Waals surface area contributed by atoms with Crippen LogP contribution in [0.4, 0.5) is 4.39 Å². The fourth-order valence-corrected chi connectivity index (χ4v) is 2.61. The average Bonchev–Trinajstić information content (AvgIpc) is 2.98. The lowest BCUT2D eigenvalue weighted by Crippen LogP contribution is -2.45. The molecule has 0 saturated carbocycles. The van der Waals surface area contributed by atoms with Gasteiger partial charge in [-0.3, -0.25) is 4.79 Å². The first-order valence-electron chi connectivity index (χ1n) is 7.81. The molecule has 0 fully saturated rings. The number of carbonyl (C=O) groups excluding carboxylic acids is 1. The molecule has 0 bridgehead atoms. The van der Waals surface area contributed by atoms with Crippen molar-refractivity contribution in [3.05, 3.63) is 59.4 Å². The lowest BCUT2D eigenvalue weighted by atomic mass is 10.0. The number of fused-ring (bicyclic) bond motifs is 1. The van der Waals surface area contributed by atoms with Crippen LogP contribution in [-0.4, -0.2) is 23.1 Å². The Balaban J connectivity index is 1.88. The summed E-state index contributed by atoms with van der Waals surface area (Å²) in [5.74, 6) is 0.759. The monoisotopic (exact) mass is 329 g/mol. The topological polar surface area (TPSA) is 38.8 Å². The van der Waals surface area contributed by atoms with E-state index in [1.807, 2.05) is 39.0 Å². The molecule has 4 nitrogen and oxygen atoms in total. The Hall–Kier alpha value is -2.56. The van der Waals surface area contributed by atoms with Gasteiger partial charge in [0.1, 0.15) is 5.82 Å². The molecule has 0 aliphatic carbocycles. The summed E-state index contributed by atoms with van der Waals surface area (Å²) in [4.78, 5) is 14.6. The number of nitrogens with zero attached hydrogens (tertiary/aromatic N) is 1. The van der Waals surface area contributed by atoms with Gasteiger partial charge in [-0.1, -0.05) is 12.1 Å². The van der Waals surface area contributed by atoms with Crippen molar-refractivity contribution in [3.8, 4) is 11.5 Å². The van der Waals surface area contributed by atoms with Crippen LogP contribution in [0.15, 0.2) is 42.5 Å². The predicted molar refractivity (Wildman–Crippen MR) is 88.6 cm³/mol. The maximum absolute atomic E-state index is 13.5. The highest BCUT2D eigenvalue weighted by Gasteiger charge is 2.28. The summed E-state index contributed by atoms with van der Waals surface area (Å²) in [6, 6.07) is 11.4. The molecule has 0 radical (unpaired) electrons. The molecule has 1 heterocycles. The van der Waals surface area contributed by atoms with Gasteiger partial charge in [-0.2, -0.15) is 0 Å². The van der Waals surface area contributed by atoms with E-state index in [2.05, 4.69) is 0 Å². The van der Waals surface area contributed by atoms with Gasteiger partial charge < -0.3 is 14.4 Å². The lowest BCUT2D eigenvalue weighted by Gasteiger charge is -2.36. The summed E-state index contributed by atoms with van der Waals surface area (Å²) < 4.78 is 24.2. The van der Waals surface area contributed by atoms with Gasteiger partial charge in [0.25, 0.3) is 5.91 Å². The highest BCUT2D eigenvalue weighted by molar-refractivity contribution is 5.94. The normalized spacial score (nSPS) is 13.0. The minimum atomic E-state index is -0.419. The van der Waals surface area contributed by atoms with Gasteiger partial charge in [0.2, 0.25) is 6.79 Å². The van der Waals surface area contributed by atoms with Crippen molar-refractivity contribution < 1.29 is 18.7 Å². The molecule has 2 aromatic rings. The van der Waals surface area contributed by atoms with Crippen molar-refractivity contribution in [1.29, 1.82) is 0 Å². The standard InChI is InChI=1S/C19H20FNO3/c1-19(2,3)21(18(22)14-5-4-6-15(20)10-14)11-13-7-8-16-17(9-13)24-12-23-16/h4-10H,11-12H2,1-3H3. The van der Waals surface area contributed by atoms with Gasteiger partial charge in [-0.05, 0) is 56.7 Å². The Labute approximate surface area is 140 Å². The zero-order chi connectivity index (χ0) is 17.3. The third-order valence-corrected chi connectivity index (χ3v) is 3.90. The summed E-state index contributed by atoms with van der Waals surface area (Å²) in [5.41, 5.74) is 0.851. The maximum atomic E-state index is 13.5. The molecule has 1 aliphatic rings. The first-order valence-corrected chi connectivity index (χ1v) is 7.81. The number of hydrogen-bond acceptors (Lipinski definition) is 3. The molecule has 3 rings (SSSR count). The number of ether oxygens (including phenoxy) is 2. The first kappa shape index (κ1) is 16.3. The second kappa shape index (κ2) is 6.15. The number of amides is 1. The van der Waals surface area contributed by atoms with Crippen LogP contribution in [0.2, 0.25) is 0 Å². The molecule has 5 heteroatoms. The third kappa shape index (κ3) is 3.35. The molecule has 24 heavy (non-hydrogen) atoms. The van der Waals surface area contributed by atoms with E-state index in [1.54, 1.807) is 17.0 Å². The van der Waals surface area contributed by atoms with E-state index in [0.29, 0.717) is 23.6 Å². The summed E-state index contributed by atoms with van der Waals surface area (Å²) >= 11 is 0.